The number of anilines is 1. The van der Waals surface area contributed by atoms with E-state index in [2.05, 4.69) is 5.32 Å². The van der Waals surface area contributed by atoms with Gasteiger partial charge in [0.15, 0.2) is 0 Å². The van der Waals surface area contributed by atoms with E-state index in [1.54, 1.807) is 0 Å². The minimum atomic E-state index is -0.565. The molecule has 0 radical (unpaired) electrons. The molecule has 0 atom stereocenters. The number of nitro groups is 1. The van der Waals surface area contributed by atoms with Crippen molar-refractivity contribution >= 4 is 11.4 Å². The first-order valence-electron chi connectivity index (χ1n) is 6.86. The van der Waals surface area contributed by atoms with Gasteiger partial charge in [-0.2, -0.15) is 0 Å². The standard InChI is InChI=1S/C14H20FN3O2/c1-16-11-3-5-12(6-4-11)17(2)13-7-10(15)8-14(9-13)18(19)20/h7-9,11-12,16H,3-6H2,1-2H3. The van der Waals surface area contributed by atoms with Crippen molar-refractivity contribution in [1.29, 1.82) is 0 Å². The second-order valence-corrected chi connectivity index (χ2v) is 5.33. The predicted octanol–water partition coefficient (Wildman–Crippen LogP) is 2.70. The van der Waals surface area contributed by atoms with Gasteiger partial charge in [-0.3, -0.25) is 10.1 Å². The number of benzene rings is 1. The number of halogens is 1. The van der Waals surface area contributed by atoms with Crippen LogP contribution in [0.2, 0.25) is 0 Å². The quantitative estimate of drug-likeness (QED) is 0.681. The summed E-state index contributed by atoms with van der Waals surface area (Å²) in [6.45, 7) is 0. The summed E-state index contributed by atoms with van der Waals surface area (Å²) in [5.41, 5.74) is 0.375. The zero-order valence-corrected chi connectivity index (χ0v) is 11.8. The van der Waals surface area contributed by atoms with Gasteiger partial charge in [-0.25, -0.2) is 4.39 Å². The number of nitro benzene ring substituents is 1. The van der Waals surface area contributed by atoms with Crippen LogP contribution in [0.25, 0.3) is 0 Å². The number of non-ortho nitro benzene ring substituents is 1. The van der Waals surface area contributed by atoms with Crippen LogP contribution in [-0.2, 0) is 0 Å². The molecule has 1 aromatic rings. The van der Waals surface area contributed by atoms with E-state index in [9.17, 15) is 14.5 Å². The summed E-state index contributed by atoms with van der Waals surface area (Å²) in [4.78, 5) is 12.2. The number of rotatable bonds is 4. The Labute approximate surface area is 117 Å². The number of hydrogen-bond donors (Lipinski definition) is 1. The first-order chi connectivity index (χ1) is 9.51. The summed E-state index contributed by atoms with van der Waals surface area (Å²) >= 11 is 0. The zero-order chi connectivity index (χ0) is 14.7. The summed E-state index contributed by atoms with van der Waals surface area (Å²) in [5.74, 6) is -0.565. The lowest BCUT2D eigenvalue weighted by Gasteiger charge is -2.35. The molecule has 0 amide bonds. The molecule has 0 bridgehead atoms. The second-order valence-electron chi connectivity index (χ2n) is 5.33. The highest BCUT2D eigenvalue weighted by molar-refractivity contribution is 5.53. The third kappa shape index (κ3) is 3.25. The molecule has 1 saturated carbocycles. The Kier molecular flexibility index (Phi) is 4.54. The first-order valence-corrected chi connectivity index (χ1v) is 6.86. The van der Waals surface area contributed by atoms with Crippen LogP contribution in [0.4, 0.5) is 15.8 Å². The van der Waals surface area contributed by atoms with Crippen LogP contribution >= 0.6 is 0 Å². The van der Waals surface area contributed by atoms with Crippen molar-refractivity contribution in [2.24, 2.45) is 0 Å². The molecule has 20 heavy (non-hydrogen) atoms. The molecule has 0 aliphatic heterocycles. The monoisotopic (exact) mass is 281 g/mol. The van der Waals surface area contributed by atoms with Gasteiger partial charge in [-0.1, -0.05) is 0 Å². The van der Waals surface area contributed by atoms with Crippen LogP contribution in [0.5, 0.6) is 0 Å². The molecule has 0 aromatic heterocycles. The molecular formula is C14H20FN3O2. The van der Waals surface area contributed by atoms with Gasteiger partial charge in [0.25, 0.3) is 5.69 Å². The molecule has 1 N–H and O–H groups in total. The van der Waals surface area contributed by atoms with Crippen LogP contribution in [-0.4, -0.2) is 31.1 Å². The van der Waals surface area contributed by atoms with Gasteiger partial charge in [0.1, 0.15) is 5.82 Å². The summed E-state index contributed by atoms with van der Waals surface area (Å²) in [7, 11) is 3.84. The van der Waals surface area contributed by atoms with E-state index in [1.807, 2.05) is 19.0 Å². The molecule has 0 unspecified atom stereocenters. The summed E-state index contributed by atoms with van der Waals surface area (Å²) in [6.07, 6.45) is 4.16. The summed E-state index contributed by atoms with van der Waals surface area (Å²) in [5, 5.41) is 14.1. The summed E-state index contributed by atoms with van der Waals surface area (Å²) < 4.78 is 13.5. The average molecular weight is 281 g/mol. The Bertz CT molecular complexity index is 487. The smallest absolute Gasteiger partial charge is 0.274 e. The number of hydrogen-bond acceptors (Lipinski definition) is 4. The van der Waals surface area contributed by atoms with Crippen molar-refractivity contribution in [3.05, 3.63) is 34.1 Å². The van der Waals surface area contributed by atoms with E-state index in [4.69, 9.17) is 0 Å². The molecule has 5 nitrogen and oxygen atoms in total. The molecule has 0 heterocycles. The highest BCUT2D eigenvalue weighted by Gasteiger charge is 2.24. The van der Waals surface area contributed by atoms with Crippen molar-refractivity contribution in [3.63, 3.8) is 0 Å². The molecular weight excluding hydrogens is 261 g/mol. The predicted molar refractivity (Wildman–Crippen MR) is 76.6 cm³/mol. The van der Waals surface area contributed by atoms with Gasteiger partial charge >= 0.3 is 0 Å². The molecule has 1 aliphatic rings. The van der Waals surface area contributed by atoms with E-state index in [1.165, 1.54) is 12.1 Å². The molecule has 110 valence electrons. The van der Waals surface area contributed by atoms with E-state index >= 15 is 0 Å². The average Bonchev–Trinajstić information content (AvgIpc) is 2.46. The van der Waals surface area contributed by atoms with Crippen LogP contribution in [0.1, 0.15) is 25.7 Å². The van der Waals surface area contributed by atoms with Crippen molar-refractivity contribution < 1.29 is 9.31 Å². The lowest BCUT2D eigenvalue weighted by molar-refractivity contribution is -0.385. The molecule has 6 heteroatoms. The fourth-order valence-electron chi connectivity index (χ4n) is 2.83. The number of nitrogens with one attached hydrogen (secondary N) is 1. The van der Waals surface area contributed by atoms with E-state index in [0.717, 1.165) is 31.7 Å². The maximum atomic E-state index is 13.5. The van der Waals surface area contributed by atoms with Gasteiger partial charge < -0.3 is 10.2 Å². The van der Waals surface area contributed by atoms with Gasteiger partial charge in [0.2, 0.25) is 0 Å². The minimum absolute atomic E-state index is 0.198. The second kappa shape index (κ2) is 6.17. The zero-order valence-electron chi connectivity index (χ0n) is 11.8. The third-order valence-corrected chi connectivity index (χ3v) is 4.14. The van der Waals surface area contributed by atoms with Crippen molar-refractivity contribution in [1.82, 2.24) is 5.32 Å². The molecule has 1 fully saturated rings. The lowest BCUT2D eigenvalue weighted by atomic mass is 9.90. The van der Waals surface area contributed by atoms with Crippen molar-refractivity contribution in [2.75, 3.05) is 19.0 Å². The Morgan fingerprint density at radius 2 is 1.95 bits per heavy atom. The third-order valence-electron chi connectivity index (χ3n) is 4.14. The highest BCUT2D eigenvalue weighted by atomic mass is 19.1. The Balaban J connectivity index is 2.13. The minimum Gasteiger partial charge on any atom is -0.371 e. The van der Waals surface area contributed by atoms with Crippen LogP contribution in [0, 0.1) is 15.9 Å². The maximum absolute atomic E-state index is 13.5. The van der Waals surface area contributed by atoms with Gasteiger partial charge in [-0.05, 0) is 38.8 Å². The Morgan fingerprint density at radius 3 is 2.50 bits per heavy atom. The van der Waals surface area contributed by atoms with Crippen LogP contribution < -0.4 is 10.2 Å². The summed E-state index contributed by atoms with van der Waals surface area (Å²) in [6, 6.07) is 4.60. The van der Waals surface area contributed by atoms with Crippen molar-refractivity contribution in [3.8, 4) is 0 Å². The molecule has 1 aliphatic carbocycles. The molecule has 0 saturated heterocycles. The maximum Gasteiger partial charge on any atom is 0.274 e. The van der Waals surface area contributed by atoms with Gasteiger partial charge in [-0.15, -0.1) is 0 Å². The largest absolute Gasteiger partial charge is 0.371 e. The van der Waals surface area contributed by atoms with E-state index in [-0.39, 0.29) is 5.69 Å². The van der Waals surface area contributed by atoms with Crippen LogP contribution in [0.3, 0.4) is 0 Å². The normalized spacial score (nSPS) is 22.6. The molecule has 0 spiro atoms. The lowest BCUT2D eigenvalue weighted by Crippen LogP contribution is -2.39. The SMILES string of the molecule is CNC1CCC(N(C)c2cc(F)cc([N+](=O)[O-])c2)CC1. The van der Waals surface area contributed by atoms with E-state index < -0.39 is 10.7 Å². The number of nitrogens with zero attached hydrogens (tertiary/aromatic N) is 2. The molecule has 1 aromatic carbocycles. The highest BCUT2D eigenvalue weighted by Crippen LogP contribution is 2.29. The Hall–Kier alpha value is -1.69. The van der Waals surface area contributed by atoms with E-state index in [0.29, 0.717) is 17.8 Å². The first kappa shape index (κ1) is 14.7. The Morgan fingerprint density at radius 1 is 1.30 bits per heavy atom. The van der Waals surface area contributed by atoms with Crippen LogP contribution in [0.15, 0.2) is 18.2 Å². The topological polar surface area (TPSA) is 58.4 Å². The molecule has 2 rings (SSSR count). The fraction of sp³-hybridized carbons (Fsp3) is 0.571. The van der Waals surface area contributed by atoms with Gasteiger partial charge in [0, 0.05) is 30.9 Å². The van der Waals surface area contributed by atoms with Gasteiger partial charge in [0.05, 0.1) is 11.0 Å². The van der Waals surface area contributed by atoms with Crippen molar-refractivity contribution in [2.45, 2.75) is 37.8 Å². The fourth-order valence-corrected chi connectivity index (χ4v) is 2.83.